The standard InChI is InChI=1S/C14H15Cl2NO5/c1-8(22-10-4-2-3-9(15)12(10)16)13(18)17-5-6-21-11(7-17)14(19)20/h2-4,8,11H,5-7H2,1H3,(H,19,20)/t8-,11-/m1/s1. The Morgan fingerprint density at radius 3 is 2.86 bits per heavy atom. The molecule has 22 heavy (non-hydrogen) atoms. The molecule has 1 fully saturated rings. The SMILES string of the molecule is C[C@@H](Oc1cccc(Cl)c1Cl)C(=O)N1CCO[C@@H](C(=O)O)C1. The number of ether oxygens (including phenoxy) is 2. The van der Waals surface area contributed by atoms with Gasteiger partial charge in [-0.2, -0.15) is 0 Å². The number of carbonyl (C=O) groups excluding carboxylic acids is 1. The monoisotopic (exact) mass is 347 g/mol. The Labute approximate surface area is 137 Å². The van der Waals surface area contributed by atoms with Crippen molar-refractivity contribution in [2.45, 2.75) is 19.1 Å². The Kier molecular flexibility index (Phi) is 5.50. The minimum atomic E-state index is -1.09. The molecule has 1 N–H and O–H groups in total. The summed E-state index contributed by atoms with van der Waals surface area (Å²) in [5.41, 5.74) is 0. The molecule has 0 unspecified atom stereocenters. The molecule has 1 amide bonds. The van der Waals surface area contributed by atoms with Crippen LogP contribution in [-0.4, -0.2) is 53.8 Å². The van der Waals surface area contributed by atoms with Crippen molar-refractivity contribution in [1.29, 1.82) is 0 Å². The summed E-state index contributed by atoms with van der Waals surface area (Å²) in [6.45, 7) is 2.06. The van der Waals surface area contributed by atoms with Crippen LogP contribution in [-0.2, 0) is 14.3 Å². The second-order valence-corrected chi connectivity index (χ2v) is 5.58. The third-order valence-electron chi connectivity index (χ3n) is 3.22. The summed E-state index contributed by atoms with van der Waals surface area (Å²) in [5.74, 6) is -1.12. The van der Waals surface area contributed by atoms with E-state index in [0.717, 1.165) is 0 Å². The van der Waals surface area contributed by atoms with Gasteiger partial charge in [-0.1, -0.05) is 29.3 Å². The molecule has 0 bridgehead atoms. The molecule has 1 aliphatic rings. The Balaban J connectivity index is 2.02. The average molecular weight is 348 g/mol. The van der Waals surface area contributed by atoms with E-state index in [1.165, 1.54) is 4.90 Å². The minimum Gasteiger partial charge on any atom is -0.479 e. The van der Waals surface area contributed by atoms with Crippen molar-refractivity contribution >= 4 is 35.1 Å². The zero-order valence-electron chi connectivity index (χ0n) is 11.8. The fourth-order valence-corrected chi connectivity index (χ4v) is 2.41. The van der Waals surface area contributed by atoms with Crippen LogP contribution >= 0.6 is 23.2 Å². The maximum atomic E-state index is 12.3. The van der Waals surface area contributed by atoms with Crippen LogP contribution in [0.5, 0.6) is 5.75 Å². The largest absolute Gasteiger partial charge is 0.479 e. The van der Waals surface area contributed by atoms with E-state index in [0.29, 0.717) is 17.3 Å². The molecular formula is C14H15Cl2NO5. The van der Waals surface area contributed by atoms with Crippen molar-refractivity contribution in [2.75, 3.05) is 19.7 Å². The molecule has 0 spiro atoms. The number of halogens is 2. The molecule has 1 aliphatic heterocycles. The third-order valence-corrected chi connectivity index (χ3v) is 4.02. The lowest BCUT2D eigenvalue weighted by Crippen LogP contribution is -2.51. The molecule has 0 aromatic heterocycles. The molecule has 0 saturated carbocycles. The highest BCUT2D eigenvalue weighted by molar-refractivity contribution is 6.42. The number of benzene rings is 1. The fourth-order valence-electron chi connectivity index (χ4n) is 2.07. The van der Waals surface area contributed by atoms with Gasteiger partial charge in [0.25, 0.3) is 5.91 Å². The number of carboxylic acid groups (broad SMARTS) is 1. The van der Waals surface area contributed by atoms with Gasteiger partial charge in [0, 0.05) is 6.54 Å². The molecule has 1 saturated heterocycles. The van der Waals surface area contributed by atoms with Gasteiger partial charge >= 0.3 is 5.97 Å². The highest BCUT2D eigenvalue weighted by Crippen LogP contribution is 2.32. The van der Waals surface area contributed by atoms with Crippen molar-refractivity contribution in [3.05, 3.63) is 28.2 Å². The fraction of sp³-hybridized carbons (Fsp3) is 0.429. The number of hydrogen-bond donors (Lipinski definition) is 1. The van der Waals surface area contributed by atoms with Crippen molar-refractivity contribution in [3.63, 3.8) is 0 Å². The van der Waals surface area contributed by atoms with E-state index in [2.05, 4.69) is 0 Å². The number of aliphatic carboxylic acids is 1. The average Bonchev–Trinajstić information content (AvgIpc) is 2.51. The lowest BCUT2D eigenvalue weighted by Gasteiger charge is -2.32. The lowest BCUT2D eigenvalue weighted by molar-refractivity contribution is -0.161. The quantitative estimate of drug-likeness (QED) is 0.902. The summed E-state index contributed by atoms with van der Waals surface area (Å²) in [6.07, 6.45) is -1.83. The molecule has 1 heterocycles. The second-order valence-electron chi connectivity index (χ2n) is 4.79. The predicted molar refractivity (Wildman–Crippen MR) is 80.5 cm³/mol. The van der Waals surface area contributed by atoms with Crippen LogP contribution in [0.25, 0.3) is 0 Å². The van der Waals surface area contributed by atoms with Crippen molar-refractivity contribution in [1.82, 2.24) is 4.90 Å². The number of amides is 1. The van der Waals surface area contributed by atoms with Crippen LogP contribution < -0.4 is 4.74 Å². The maximum absolute atomic E-state index is 12.3. The maximum Gasteiger partial charge on any atom is 0.334 e. The first kappa shape index (κ1) is 16.9. The highest BCUT2D eigenvalue weighted by Gasteiger charge is 2.31. The summed E-state index contributed by atoms with van der Waals surface area (Å²) >= 11 is 11.9. The molecule has 0 radical (unpaired) electrons. The first-order chi connectivity index (χ1) is 10.4. The number of morpholine rings is 1. The third kappa shape index (κ3) is 3.82. The van der Waals surface area contributed by atoms with Gasteiger partial charge in [0.1, 0.15) is 10.8 Å². The number of carboxylic acids is 1. The Morgan fingerprint density at radius 2 is 2.18 bits per heavy atom. The molecular weight excluding hydrogens is 333 g/mol. The van der Waals surface area contributed by atoms with Crippen molar-refractivity contribution in [3.8, 4) is 5.75 Å². The van der Waals surface area contributed by atoms with Crippen LogP contribution in [0, 0.1) is 0 Å². The van der Waals surface area contributed by atoms with Crippen LogP contribution in [0.1, 0.15) is 6.92 Å². The van der Waals surface area contributed by atoms with Gasteiger partial charge in [-0.05, 0) is 19.1 Å². The number of rotatable bonds is 4. The number of hydrogen-bond acceptors (Lipinski definition) is 4. The summed E-state index contributed by atoms with van der Waals surface area (Å²) in [6, 6.07) is 4.88. The van der Waals surface area contributed by atoms with Crippen molar-refractivity contribution in [2.24, 2.45) is 0 Å². The molecule has 0 aliphatic carbocycles. The first-order valence-electron chi connectivity index (χ1n) is 6.64. The van der Waals surface area contributed by atoms with Crippen LogP contribution in [0.15, 0.2) is 18.2 Å². The lowest BCUT2D eigenvalue weighted by atomic mass is 10.2. The zero-order chi connectivity index (χ0) is 16.3. The summed E-state index contributed by atoms with van der Waals surface area (Å²) < 4.78 is 10.6. The Bertz CT molecular complexity index is 580. The van der Waals surface area contributed by atoms with Crippen molar-refractivity contribution < 1.29 is 24.2 Å². The van der Waals surface area contributed by atoms with Gasteiger partial charge in [-0.3, -0.25) is 4.79 Å². The topological polar surface area (TPSA) is 76.1 Å². The summed E-state index contributed by atoms with van der Waals surface area (Å²) in [5, 5.41) is 9.51. The van der Waals surface area contributed by atoms with E-state index in [4.69, 9.17) is 37.8 Å². The summed E-state index contributed by atoms with van der Waals surface area (Å²) in [4.78, 5) is 24.7. The van der Waals surface area contributed by atoms with E-state index < -0.39 is 18.2 Å². The van der Waals surface area contributed by atoms with Crippen LogP contribution in [0.3, 0.4) is 0 Å². The van der Waals surface area contributed by atoms with Gasteiger partial charge in [-0.25, -0.2) is 4.79 Å². The van der Waals surface area contributed by atoms with E-state index in [1.54, 1.807) is 25.1 Å². The van der Waals surface area contributed by atoms with Gasteiger partial charge in [0.05, 0.1) is 18.2 Å². The number of carbonyl (C=O) groups is 2. The number of nitrogens with zero attached hydrogens (tertiary/aromatic N) is 1. The zero-order valence-corrected chi connectivity index (χ0v) is 13.3. The molecule has 120 valence electrons. The predicted octanol–water partition coefficient (Wildman–Crippen LogP) is 2.07. The smallest absolute Gasteiger partial charge is 0.334 e. The van der Waals surface area contributed by atoms with E-state index in [-0.39, 0.29) is 24.1 Å². The van der Waals surface area contributed by atoms with Gasteiger partial charge < -0.3 is 19.5 Å². The molecule has 2 rings (SSSR count). The molecule has 1 aromatic carbocycles. The Morgan fingerprint density at radius 1 is 1.45 bits per heavy atom. The van der Waals surface area contributed by atoms with Gasteiger partial charge in [0.15, 0.2) is 12.2 Å². The second kappa shape index (κ2) is 7.17. The summed E-state index contributed by atoms with van der Waals surface area (Å²) in [7, 11) is 0. The van der Waals surface area contributed by atoms with Crippen LogP contribution in [0.4, 0.5) is 0 Å². The van der Waals surface area contributed by atoms with E-state index in [9.17, 15) is 9.59 Å². The van der Waals surface area contributed by atoms with E-state index >= 15 is 0 Å². The van der Waals surface area contributed by atoms with Gasteiger partial charge in [-0.15, -0.1) is 0 Å². The van der Waals surface area contributed by atoms with Crippen LogP contribution in [0.2, 0.25) is 10.0 Å². The normalized spacial score (nSPS) is 19.6. The Hall–Kier alpha value is -1.50. The minimum absolute atomic E-state index is 0.00879. The van der Waals surface area contributed by atoms with E-state index in [1.807, 2.05) is 0 Å². The molecule has 6 nitrogen and oxygen atoms in total. The first-order valence-corrected chi connectivity index (χ1v) is 7.39. The molecule has 2 atom stereocenters. The highest BCUT2D eigenvalue weighted by atomic mass is 35.5. The molecule has 8 heteroatoms. The molecule has 1 aromatic rings. The van der Waals surface area contributed by atoms with Gasteiger partial charge in [0.2, 0.25) is 0 Å².